The smallest absolute Gasteiger partial charge is 0.273 e. The van der Waals surface area contributed by atoms with E-state index in [-0.39, 0.29) is 0 Å². The first-order chi connectivity index (χ1) is 11.0. The Hall–Kier alpha value is -2.56. The summed E-state index contributed by atoms with van der Waals surface area (Å²) in [5, 5.41) is 5.85. The third kappa shape index (κ3) is 2.42. The van der Waals surface area contributed by atoms with Gasteiger partial charge in [-0.2, -0.15) is 18.3 Å². The highest BCUT2D eigenvalue weighted by atomic mass is 19.4. The molecule has 2 aliphatic carbocycles. The molecule has 2 aromatic rings. The van der Waals surface area contributed by atoms with Gasteiger partial charge in [0.15, 0.2) is 0 Å². The van der Waals surface area contributed by atoms with Crippen LogP contribution in [-0.2, 0) is 6.18 Å². The van der Waals surface area contributed by atoms with E-state index < -0.39 is 11.9 Å². The Morgan fingerprint density at radius 3 is 2.61 bits per heavy atom. The summed E-state index contributed by atoms with van der Waals surface area (Å²) in [5.74, 6) is 0.638. The SMILES string of the molecule is FC(F)(F)c1cc(-c2ccc3c(c2)C=CC2C=CC=CC32)n[nH]1. The van der Waals surface area contributed by atoms with Crippen LogP contribution in [-0.4, -0.2) is 10.2 Å². The van der Waals surface area contributed by atoms with Crippen LogP contribution < -0.4 is 0 Å². The highest BCUT2D eigenvalue weighted by Gasteiger charge is 2.33. The summed E-state index contributed by atoms with van der Waals surface area (Å²) in [6, 6.07) is 6.75. The van der Waals surface area contributed by atoms with Gasteiger partial charge in [-0.05, 0) is 23.3 Å². The molecule has 1 aromatic heterocycles. The summed E-state index contributed by atoms with van der Waals surface area (Å²) in [5.41, 5.74) is 2.36. The topological polar surface area (TPSA) is 28.7 Å². The van der Waals surface area contributed by atoms with Gasteiger partial charge in [-0.3, -0.25) is 5.10 Å². The fraction of sp³-hybridized carbons (Fsp3) is 0.167. The molecule has 1 heterocycles. The van der Waals surface area contributed by atoms with E-state index in [9.17, 15) is 13.2 Å². The first-order valence-electron chi connectivity index (χ1n) is 7.32. The molecule has 5 heteroatoms. The molecule has 0 aliphatic heterocycles. The molecule has 1 aromatic carbocycles. The zero-order valence-corrected chi connectivity index (χ0v) is 12.0. The standard InChI is InChI=1S/C18H13F3N2/c19-18(20,21)17-10-16(22-23-17)13-7-8-15-12(9-13)6-5-11-3-1-2-4-14(11)15/h1-11,14H,(H,22,23). The van der Waals surface area contributed by atoms with Gasteiger partial charge in [0.25, 0.3) is 0 Å². The van der Waals surface area contributed by atoms with Crippen LogP contribution in [0.1, 0.15) is 22.7 Å². The maximum absolute atomic E-state index is 12.7. The molecule has 116 valence electrons. The second-order valence-electron chi connectivity index (χ2n) is 5.74. The second-order valence-corrected chi connectivity index (χ2v) is 5.74. The first kappa shape index (κ1) is 14.1. The molecular weight excluding hydrogens is 301 g/mol. The largest absolute Gasteiger partial charge is 0.432 e. The van der Waals surface area contributed by atoms with Crippen LogP contribution in [0.2, 0.25) is 0 Å². The lowest BCUT2D eigenvalue weighted by Crippen LogP contribution is -2.13. The van der Waals surface area contributed by atoms with Gasteiger partial charge in [0, 0.05) is 17.4 Å². The number of allylic oxidation sites excluding steroid dienone is 5. The van der Waals surface area contributed by atoms with Crippen LogP contribution in [0.3, 0.4) is 0 Å². The van der Waals surface area contributed by atoms with Crippen LogP contribution >= 0.6 is 0 Å². The Labute approximate surface area is 131 Å². The minimum Gasteiger partial charge on any atom is -0.273 e. The number of rotatable bonds is 1. The van der Waals surface area contributed by atoms with Gasteiger partial charge in [-0.1, -0.05) is 48.6 Å². The Morgan fingerprint density at radius 1 is 1.00 bits per heavy atom. The van der Waals surface area contributed by atoms with E-state index in [4.69, 9.17) is 0 Å². The van der Waals surface area contributed by atoms with Gasteiger partial charge in [0.1, 0.15) is 5.69 Å². The summed E-state index contributed by atoms with van der Waals surface area (Å²) in [6.45, 7) is 0. The summed E-state index contributed by atoms with van der Waals surface area (Å²) < 4.78 is 38.0. The predicted molar refractivity (Wildman–Crippen MR) is 82.6 cm³/mol. The molecule has 0 spiro atoms. The number of hydrogen-bond donors (Lipinski definition) is 1. The maximum atomic E-state index is 12.7. The van der Waals surface area contributed by atoms with E-state index in [1.54, 1.807) is 0 Å². The van der Waals surface area contributed by atoms with Crippen molar-refractivity contribution in [2.75, 3.05) is 0 Å². The summed E-state index contributed by atoms with van der Waals surface area (Å²) >= 11 is 0. The van der Waals surface area contributed by atoms with Gasteiger partial charge < -0.3 is 0 Å². The number of benzene rings is 1. The fourth-order valence-electron chi connectivity index (χ4n) is 3.13. The zero-order chi connectivity index (χ0) is 16.0. The molecule has 0 amide bonds. The number of halogens is 3. The number of nitrogens with one attached hydrogen (secondary N) is 1. The molecule has 4 rings (SSSR count). The van der Waals surface area contributed by atoms with Gasteiger partial charge >= 0.3 is 6.18 Å². The van der Waals surface area contributed by atoms with E-state index in [0.717, 1.165) is 11.6 Å². The maximum Gasteiger partial charge on any atom is 0.432 e. The van der Waals surface area contributed by atoms with Crippen molar-refractivity contribution in [3.05, 3.63) is 71.5 Å². The summed E-state index contributed by atoms with van der Waals surface area (Å²) in [7, 11) is 0. The molecule has 0 saturated heterocycles. The molecule has 2 unspecified atom stereocenters. The van der Waals surface area contributed by atoms with Gasteiger partial charge in [0.2, 0.25) is 0 Å². The number of nitrogens with zero attached hydrogens (tertiary/aromatic N) is 1. The van der Waals surface area contributed by atoms with E-state index in [2.05, 4.69) is 28.4 Å². The highest BCUT2D eigenvalue weighted by Crippen LogP contribution is 2.39. The lowest BCUT2D eigenvalue weighted by Gasteiger charge is -2.27. The average molecular weight is 314 g/mol. The molecule has 1 N–H and O–H groups in total. The number of H-pyrrole nitrogens is 1. The normalized spacial score (nSPS) is 22.0. The first-order valence-corrected chi connectivity index (χ1v) is 7.32. The van der Waals surface area contributed by atoms with E-state index >= 15 is 0 Å². The predicted octanol–water partition coefficient (Wildman–Crippen LogP) is 4.95. The van der Waals surface area contributed by atoms with Crippen molar-refractivity contribution in [3.8, 4) is 11.3 Å². The minimum atomic E-state index is -4.41. The second kappa shape index (κ2) is 4.98. The van der Waals surface area contributed by atoms with Gasteiger partial charge in [-0.15, -0.1) is 0 Å². The van der Waals surface area contributed by atoms with Crippen molar-refractivity contribution in [1.82, 2.24) is 10.2 Å². The van der Waals surface area contributed by atoms with Crippen molar-refractivity contribution >= 4 is 6.08 Å². The minimum absolute atomic E-state index is 0.291. The molecule has 0 bridgehead atoms. The number of aromatic nitrogens is 2. The third-order valence-corrected chi connectivity index (χ3v) is 4.30. The summed E-state index contributed by atoms with van der Waals surface area (Å²) in [6.07, 6.45) is 8.12. The molecule has 0 fully saturated rings. The highest BCUT2D eigenvalue weighted by molar-refractivity contribution is 5.69. The number of aromatic amines is 1. The monoisotopic (exact) mass is 314 g/mol. The van der Waals surface area contributed by atoms with Crippen molar-refractivity contribution in [1.29, 1.82) is 0 Å². The van der Waals surface area contributed by atoms with Crippen LogP contribution in [0.4, 0.5) is 13.2 Å². The average Bonchev–Trinajstić information content (AvgIpc) is 3.04. The van der Waals surface area contributed by atoms with Crippen LogP contribution in [0.25, 0.3) is 17.3 Å². The molecular formula is C18H13F3N2. The van der Waals surface area contributed by atoms with Crippen molar-refractivity contribution in [2.24, 2.45) is 5.92 Å². The van der Waals surface area contributed by atoms with Gasteiger partial charge in [-0.25, -0.2) is 0 Å². The van der Waals surface area contributed by atoms with Crippen molar-refractivity contribution < 1.29 is 13.2 Å². The summed E-state index contributed by atoms with van der Waals surface area (Å²) in [4.78, 5) is 0. The lowest BCUT2D eigenvalue weighted by molar-refractivity contribution is -0.141. The molecule has 0 radical (unpaired) electrons. The van der Waals surface area contributed by atoms with Crippen molar-refractivity contribution in [3.63, 3.8) is 0 Å². The molecule has 0 saturated carbocycles. The quantitative estimate of drug-likeness (QED) is 0.793. The number of alkyl halides is 3. The number of fused-ring (bicyclic) bond motifs is 3. The van der Waals surface area contributed by atoms with Crippen LogP contribution in [0.5, 0.6) is 0 Å². The zero-order valence-electron chi connectivity index (χ0n) is 12.0. The van der Waals surface area contributed by atoms with E-state index in [0.29, 0.717) is 23.1 Å². The van der Waals surface area contributed by atoms with Crippen LogP contribution in [0, 0.1) is 5.92 Å². The number of hydrogen-bond acceptors (Lipinski definition) is 1. The molecule has 2 aliphatic rings. The molecule has 2 nitrogen and oxygen atoms in total. The van der Waals surface area contributed by atoms with Gasteiger partial charge in [0.05, 0.1) is 5.69 Å². The molecule has 2 atom stereocenters. The lowest BCUT2D eigenvalue weighted by atomic mass is 9.77. The van der Waals surface area contributed by atoms with E-state index in [1.807, 2.05) is 36.4 Å². The Kier molecular flexibility index (Phi) is 3.04. The Balaban J connectivity index is 1.72. The Morgan fingerprint density at radius 2 is 1.83 bits per heavy atom. The molecule has 23 heavy (non-hydrogen) atoms. The third-order valence-electron chi connectivity index (χ3n) is 4.30. The van der Waals surface area contributed by atoms with Crippen LogP contribution in [0.15, 0.2) is 54.6 Å². The van der Waals surface area contributed by atoms with E-state index in [1.165, 1.54) is 5.56 Å². The fourth-order valence-corrected chi connectivity index (χ4v) is 3.13. The van der Waals surface area contributed by atoms with Crippen molar-refractivity contribution in [2.45, 2.75) is 12.1 Å². The Bertz CT molecular complexity index is 840.